The summed E-state index contributed by atoms with van der Waals surface area (Å²) in [5, 5.41) is 5.01. The first kappa shape index (κ1) is 17.5. The van der Waals surface area contributed by atoms with Gasteiger partial charge < -0.3 is 19.5 Å². The van der Waals surface area contributed by atoms with E-state index in [0.29, 0.717) is 24.8 Å². The molecule has 1 unspecified atom stereocenters. The Balaban J connectivity index is 1.61. The average molecular weight is 383 g/mol. The van der Waals surface area contributed by atoms with E-state index in [0.717, 1.165) is 27.3 Å². The van der Waals surface area contributed by atoms with Gasteiger partial charge in [-0.25, -0.2) is 4.98 Å². The Morgan fingerprint density at radius 2 is 2.37 bits per heavy atom. The summed E-state index contributed by atoms with van der Waals surface area (Å²) >= 11 is 1.58. The molecule has 1 aliphatic rings. The second-order valence-electron chi connectivity index (χ2n) is 6.59. The molecule has 3 aromatic heterocycles. The molecule has 1 atom stereocenters. The lowest BCUT2D eigenvalue weighted by atomic mass is 10.3. The molecule has 7 nitrogen and oxygen atoms in total. The smallest absolute Gasteiger partial charge is 0.246 e. The van der Waals surface area contributed by atoms with Crippen LogP contribution in [0.1, 0.15) is 11.3 Å². The maximum Gasteiger partial charge on any atom is 0.246 e. The van der Waals surface area contributed by atoms with E-state index in [4.69, 9.17) is 4.74 Å². The molecule has 0 bridgehead atoms. The normalized spacial score (nSPS) is 16.7. The summed E-state index contributed by atoms with van der Waals surface area (Å²) < 4.78 is 8.23. The number of anilines is 2. The topological polar surface area (TPSA) is 72.3 Å². The lowest BCUT2D eigenvalue weighted by Crippen LogP contribution is -2.29. The third kappa shape index (κ3) is 3.52. The summed E-state index contributed by atoms with van der Waals surface area (Å²) in [5.41, 5.74) is 1.02. The molecule has 1 aliphatic heterocycles. The van der Waals surface area contributed by atoms with Crippen LogP contribution >= 0.6 is 11.3 Å². The van der Waals surface area contributed by atoms with Crippen molar-refractivity contribution >= 4 is 39.1 Å². The molecule has 3 aromatic rings. The van der Waals surface area contributed by atoms with Gasteiger partial charge in [-0.3, -0.25) is 4.79 Å². The van der Waals surface area contributed by atoms with Crippen LogP contribution < -0.4 is 10.1 Å². The molecular formula is C19H21N5O2S. The number of nitrogens with zero attached hydrogens (tertiary/aromatic N) is 4. The van der Waals surface area contributed by atoms with Gasteiger partial charge in [-0.15, -0.1) is 11.3 Å². The zero-order valence-corrected chi connectivity index (χ0v) is 16.1. The number of likely N-dealkylation sites (tertiary alicyclic amines) is 1. The Bertz CT molecular complexity index is 1010. The standard InChI is InChI=1S/C19H21N5O2S/c1-4-17(25)24-8-5-13(11-24)26-18-14-6-7-23(3)15(14)9-16(21-18)22-19-20-10-12(2)27-19/h4,6-7,9-10,13H,1,5,8,11H2,2-3H3,(H,20,21,22). The maximum absolute atomic E-state index is 11.8. The van der Waals surface area contributed by atoms with Crippen LogP contribution in [0.3, 0.4) is 0 Å². The molecule has 1 fully saturated rings. The van der Waals surface area contributed by atoms with E-state index < -0.39 is 0 Å². The molecule has 0 saturated carbocycles. The van der Waals surface area contributed by atoms with E-state index in [9.17, 15) is 4.79 Å². The van der Waals surface area contributed by atoms with Gasteiger partial charge in [0, 0.05) is 43.4 Å². The van der Waals surface area contributed by atoms with Gasteiger partial charge in [0.25, 0.3) is 0 Å². The molecule has 140 valence electrons. The largest absolute Gasteiger partial charge is 0.472 e. The number of rotatable bonds is 5. The Hall–Kier alpha value is -2.87. The number of carbonyl (C=O) groups excluding carboxylic acids is 1. The molecule has 8 heteroatoms. The number of pyridine rings is 1. The van der Waals surface area contributed by atoms with Crippen LogP contribution in [0.5, 0.6) is 5.88 Å². The fourth-order valence-corrected chi connectivity index (χ4v) is 3.89. The monoisotopic (exact) mass is 383 g/mol. The summed E-state index contributed by atoms with van der Waals surface area (Å²) in [4.78, 5) is 23.7. The number of aromatic nitrogens is 3. The summed E-state index contributed by atoms with van der Waals surface area (Å²) in [6.07, 6.45) is 5.85. The van der Waals surface area contributed by atoms with Gasteiger partial charge in [0.1, 0.15) is 11.9 Å². The first-order valence-corrected chi connectivity index (χ1v) is 9.58. The third-order valence-corrected chi connectivity index (χ3v) is 5.44. The molecule has 0 spiro atoms. The van der Waals surface area contributed by atoms with Gasteiger partial charge in [-0.2, -0.15) is 4.98 Å². The number of amides is 1. The quantitative estimate of drug-likeness (QED) is 0.685. The molecule has 0 radical (unpaired) electrons. The van der Waals surface area contributed by atoms with Crippen LogP contribution in [-0.2, 0) is 11.8 Å². The number of thiazole rings is 1. The fraction of sp³-hybridized carbons (Fsp3) is 0.316. The molecule has 0 aliphatic carbocycles. The number of hydrogen-bond acceptors (Lipinski definition) is 6. The van der Waals surface area contributed by atoms with Crippen molar-refractivity contribution in [3.05, 3.63) is 42.1 Å². The highest BCUT2D eigenvalue weighted by atomic mass is 32.1. The Labute approximate surface area is 161 Å². The number of aryl methyl sites for hydroxylation is 2. The van der Waals surface area contributed by atoms with E-state index in [-0.39, 0.29) is 12.0 Å². The van der Waals surface area contributed by atoms with Gasteiger partial charge in [0.2, 0.25) is 11.8 Å². The Kier molecular flexibility index (Phi) is 4.57. The Morgan fingerprint density at radius 1 is 1.52 bits per heavy atom. The third-order valence-electron chi connectivity index (χ3n) is 4.61. The number of hydrogen-bond donors (Lipinski definition) is 1. The first-order valence-electron chi connectivity index (χ1n) is 8.77. The van der Waals surface area contributed by atoms with Gasteiger partial charge in [-0.05, 0) is 19.1 Å². The number of nitrogens with one attached hydrogen (secondary N) is 1. The van der Waals surface area contributed by atoms with Crippen molar-refractivity contribution in [1.82, 2.24) is 19.4 Å². The van der Waals surface area contributed by atoms with E-state index in [1.165, 1.54) is 6.08 Å². The minimum Gasteiger partial charge on any atom is -0.472 e. The lowest BCUT2D eigenvalue weighted by molar-refractivity contribution is -0.125. The van der Waals surface area contributed by atoms with Crippen molar-refractivity contribution in [2.75, 3.05) is 18.4 Å². The number of carbonyl (C=O) groups is 1. The predicted molar refractivity (Wildman–Crippen MR) is 107 cm³/mol. The average Bonchev–Trinajstić information content (AvgIpc) is 3.36. The highest BCUT2D eigenvalue weighted by Gasteiger charge is 2.27. The summed E-state index contributed by atoms with van der Waals surface area (Å²) in [5.74, 6) is 1.20. The molecule has 4 heterocycles. The number of ether oxygens (including phenoxy) is 1. The predicted octanol–water partition coefficient (Wildman–Crippen LogP) is 3.25. The van der Waals surface area contributed by atoms with E-state index in [1.54, 1.807) is 16.2 Å². The first-order chi connectivity index (χ1) is 13.0. The molecule has 1 amide bonds. The van der Waals surface area contributed by atoms with Crippen molar-refractivity contribution in [2.24, 2.45) is 7.05 Å². The zero-order valence-electron chi connectivity index (χ0n) is 15.3. The van der Waals surface area contributed by atoms with Crippen LogP contribution in [0.25, 0.3) is 10.9 Å². The van der Waals surface area contributed by atoms with Gasteiger partial charge in [-0.1, -0.05) is 6.58 Å². The van der Waals surface area contributed by atoms with Crippen LogP contribution in [-0.4, -0.2) is 44.5 Å². The van der Waals surface area contributed by atoms with Crippen LogP contribution in [0.2, 0.25) is 0 Å². The van der Waals surface area contributed by atoms with Gasteiger partial charge in [0.15, 0.2) is 5.13 Å². The minimum absolute atomic E-state index is 0.0616. The molecule has 0 aromatic carbocycles. The van der Waals surface area contributed by atoms with Gasteiger partial charge in [0.05, 0.1) is 17.4 Å². The van der Waals surface area contributed by atoms with Crippen molar-refractivity contribution in [1.29, 1.82) is 0 Å². The van der Waals surface area contributed by atoms with Crippen molar-refractivity contribution in [3.63, 3.8) is 0 Å². The van der Waals surface area contributed by atoms with E-state index >= 15 is 0 Å². The molecule has 1 saturated heterocycles. The second-order valence-corrected chi connectivity index (χ2v) is 7.82. The SMILES string of the molecule is C=CC(=O)N1CCC(Oc2nc(Nc3ncc(C)s3)cc3c2ccn3C)C1. The molecule has 4 rings (SSSR count). The Morgan fingerprint density at radius 3 is 3.11 bits per heavy atom. The lowest BCUT2D eigenvalue weighted by Gasteiger charge is -2.16. The van der Waals surface area contributed by atoms with E-state index in [2.05, 4.69) is 21.9 Å². The van der Waals surface area contributed by atoms with Crippen molar-refractivity contribution in [3.8, 4) is 5.88 Å². The maximum atomic E-state index is 11.8. The van der Waals surface area contributed by atoms with Crippen LogP contribution in [0.4, 0.5) is 10.9 Å². The van der Waals surface area contributed by atoms with Crippen LogP contribution in [0.15, 0.2) is 37.2 Å². The minimum atomic E-state index is -0.0813. The highest BCUT2D eigenvalue weighted by molar-refractivity contribution is 7.15. The van der Waals surface area contributed by atoms with Gasteiger partial charge >= 0.3 is 0 Å². The molecule has 27 heavy (non-hydrogen) atoms. The number of fused-ring (bicyclic) bond motifs is 1. The molecule has 1 N–H and O–H groups in total. The van der Waals surface area contributed by atoms with E-state index in [1.807, 2.05) is 43.1 Å². The van der Waals surface area contributed by atoms with Crippen molar-refractivity contribution in [2.45, 2.75) is 19.4 Å². The summed E-state index contributed by atoms with van der Waals surface area (Å²) in [6, 6.07) is 3.98. The summed E-state index contributed by atoms with van der Waals surface area (Å²) in [7, 11) is 1.99. The summed E-state index contributed by atoms with van der Waals surface area (Å²) in [6.45, 7) is 6.78. The zero-order chi connectivity index (χ0) is 19.0. The highest BCUT2D eigenvalue weighted by Crippen LogP contribution is 2.31. The van der Waals surface area contributed by atoms with Crippen LogP contribution in [0, 0.1) is 6.92 Å². The van der Waals surface area contributed by atoms with Crippen molar-refractivity contribution < 1.29 is 9.53 Å². The fourth-order valence-electron chi connectivity index (χ4n) is 3.22. The second kappa shape index (κ2) is 7.03. The molecular weight excluding hydrogens is 362 g/mol.